The van der Waals surface area contributed by atoms with Gasteiger partial charge in [-0.3, -0.25) is 0 Å². The fraction of sp³-hybridized carbons (Fsp3) is 0.200. The van der Waals surface area contributed by atoms with Crippen molar-refractivity contribution in [1.82, 2.24) is 14.8 Å². The second-order valence-electron chi connectivity index (χ2n) is 3.39. The van der Waals surface area contributed by atoms with Crippen molar-refractivity contribution in [1.29, 1.82) is 0 Å². The Morgan fingerprint density at radius 2 is 2.38 bits per heavy atom. The molecule has 0 fully saturated rings. The summed E-state index contributed by atoms with van der Waals surface area (Å²) in [4.78, 5) is 4.27. The molecule has 1 aromatic carbocycles. The Balaban J connectivity index is 2.18. The van der Waals surface area contributed by atoms with E-state index in [-0.39, 0.29) is 0 Å². The van der Waals surface area contributed by atoms with E-state index in [1.165, 1.54) is 0 Å². The van der Waals surface area contributed by atoms with E-state index < -0.39 is 0 Å². The quantitative estimate of drug-likeness (QED) is 0.760. The summed E-state index contributed by atoms with van der Waals surface area (Å²) in [6, 6.07) is 5.80. The van der Waals surface area contributed by atoms with Gasteiger partial charge in [0.15, 0.2) is 11.6 Å². The van der Waals surface area contributed by atoms with E-state index in [1.54, 1.807) is 4.68 Å². The maximum Gasteiger partial charge on any atom is 0.170 e. The normalized spacial score (nSPS) is 12.9. The zero-order chi connectivity index (χ0) is 11.1. The van der Waals surface area contributed by atoms with Crippen LogP contribution in [-0.2, 0) is 12.5 Å². The van der Waals surface area contributed by atoms with E-state index in [0.717, 1.165) is 21.7 Å². The third kappa shape index (κ3) is 1.51. The number of aromatic nitrogens is 3. The molecule has 0 bridgehead atoms. The number of fused-ring (bicyclic) bond motifs is 3. The molecule has 16 heavy (non-hydrogen) atoms. The molecule has 0 spiro atoms. The predicted molar refractivity (Wildman–Crippen MR) is 62.9 cm³/mol. The number of nitrogens with zero attached hydrogens (tertiary/aromatic N) is 3. The van der Waals surface area contributed by atoms with E-state index >= 15 is 0 Å². The van der Waals surface area contributed by atoms with Gasteiger partial charge in [0, 0.05) is 4.47 Å². The average Bonchev–Trinajstić information content (AvgIpc) is 2.71. The van der Waals surface area contributed by atoms with Crippen LogP contribution in [-0.4, -0.2) is 14.8 Å². The monoisotopic (exact) mass is 299 g/mol. The lowest BCUT2D eigenvalue weighted by Crippen LogP contribution is -2.13. The van der Waals surface area contributed by atoms with E-state index in [1.807, 2.05) is 18.2 Å². The largest absolute Gasteiger partial charge is 0.483 e. The van der Waals surface area contributed by atoms with Crippen LogP contribution in [0.5, 0.6) is 5.75 Å². The Bertz CT molecular complexity index is 555. The molecule has 3 rings (SSSR count). The number of ether oxygens (including phenoxy) is 1. The molecule has 1 aromatic heterocycles. The van der Waals surface area contributed by atoms with E-state index in [4.69, 9.17) is 16.3 Å². The molecule has 0 saturated heterocycles. The molecule has 0 N–H and O–H groups in total. The van der Waals surface area contributed by atoms with Crippen LogP contribution in [0.25, 0.3) is 5.69 Å². The van der Waals surface area contributed by atoms with Crippen LogP contribution < -0.4 is 4.74 Å². The smallest absolute Gasteiger partial charge is 0.170 e. The average molecular weight is 301 g/mol. The molecular weight excluding hydrogens is 293 g/mol. The molecule has 4 nitrogen and oxygen atoms in total. The fourth-order valence-corrected chi connectivity index (χ4v) is 2.11. The third-order valence-corrected chi connectivity index (χ3v) is 3.08. The van der Waals surface area contributed by atoms with Crippen LogP contribution in [0.15, 0.2) is 22.7 Å². The Morgan fingerprint density at radius 3 is 3.19 bits per heavy atom. The second-order valence-corrected chi connectivity index (χ2v) is 4.57. The molecule has 2 heterocycles. The van der Waals surface area contributed by atoms with Crippen molar-refractivity contribution in [2.24, 2.45) is 0 Å². The number of hydrogen-bond donors (Lipinski definition) is 0. The Hall–Kier alpha value is -1.07. The van der Waals surface area contributed by atoms with Crippen LogP contribution in [0, 0.1) is 0 Å². The number of hydrogen-bond acceptors (Lipinski definition) is 3. The van der Waals surface area contributed by atoms with Gasteiger partial charge in [-0.25, -0.2) is 9.67 Å². The lowest BCUT2D eigenvalue weighted by Gasteiger charge is -2.17. The van der Waals surface area contributed by atoms with Gasteiger partial charge in [0.2, 0.25) is 0 Å². The minimum Gasteiger partial charge on any atom is -0.483 e. The second kappa shape index (κ2) is 3.75. The molecule has 0 amide bonds. The summed E-state index contributed by atoms with van der Waals surface area (Å²) in [6.07, 6.45) is 0. The molecule has 6 heteroatoms. The summed E-state index contributed by atoms with van der Waals surface area (Å²) < 4.78 is 8.35. The number of rotatable bonds is 1. The molecule has 1 aliphatic heterocycles. The van der Waals surface area contributed by atoms with Gasteiger partial charge in [0.25, 0.3) is 0 Å². The van der Waals surface area contributed by atoms with Crippen LogP contribution in [0.1, 0.15) is 11.6 Å². The maximum atomic E-state index is 5.71. The predicted octanol–water partition coefficient (Wildman–Crippen LogP) is 2.66. The van der Waals surface area contributed by atoms with Crippen molar-refractivity contribution in [3.8, 4) is 11.4 Å². The summed E-state index contributed by atoms with van der Waals surface area (Å²) >= 11 is 9.12. The first kappa shape index (κ1) is 10.1. The van der Waals surface area contributed by atoms with Crippen LogP contribution in [0.2, 0.25) is 0 Å². The Morgan fingerprint density at radius 1 is 1.50 bits per heavy atom. The highest BCUT2D eigenvalue weighted by atomic mass is 79.9. The summed E-state index contributed by atoms with van der Waals surface area (Å²) in [5.74, 6) is 2.51. The topological polar surface area (TPSA) is 39.9 Å². The molecule has 82 valence electrons. The zero-order valence-electron chi connectivity index (χ0n) is 8.15. The molecule has 0 atom stereocenters. The van der Waals surface area contributed by atoms with Gasteiger partial charge in [-0.1, -0.05) is 15.9 Å². The van der Waals surface area contributed by atoms with E-state index in [2.05, 4.69) is 26.0 Å². The van der Waals surface area contributed by atoms with Crippen molar-refractivity contribution in [2.75, 3.05) is 0 Å². The van der Waals surface area contributed by atoms with Gasteiger partial charge in [0.05, 0.1) is 5.88 Å². The molecule has 0 saturated carbocycles. The van der Waals surface area contributed by atoms with Crippen LogP contribution >= 0.6 is 27.5 Å². The number of alkyl halides is 1. The summed E-state index contributed by atoms with van der Waals surface area (Å²) in [7, 11) is 0. The van der Waals surface area contributed by atoms with E-state index in [0.29, 0.717) is 18.3 Å². The van der Waals surface area contributed by atoms with Gasteiger partial charge in [-0.15, -0.1) is 16.7 Å². The molecule has 0 radical (unpaired) electrons. The Kier molecular flexibility index (Phi) is 2.37. The first-order valence-electron chi connectivity index (χ1n) is 4.71. The number of halogens is 2. The molecule has 0 unspecified atom stereocenters. The van der Waals surface area contributed by atoms with Crippen LogP contribution in [0.4, 0.5) is 0 Å². The van der Waals surface area contributed by atoms with Gasteiger partial charge in [-0.05, 0) is 18.2 Å². The van der Waals surface area contributed by atoms with Gasteiger partial charge < -0.3 is 4.74 Å². The maximum absolute atomic E-state index is 5.71. The van der Waals surface area contributed by atoms with Crippen molar-refractivity contribution >= 4 is 27.5 Å². The first-order valence-corrected chi connectivity index (χ1v) is 6.04. The summed E-state index contributed by atoms with van der Waals surface area (Å²) in [5, 5.41) is 4.32. The lowest BCUT2D eigenvalue weighted by atomic mass is 10.2. The molecule has 0 aliphatic carbocycles. The highest BCUT2D eigenvalue weighted by molar-refractivity contribution is 9.10. The van der Waals surface area contributed by atoms with Crippen molar-refractivity contribution in [3.63, 3.8) is 0 Å². The molecule has 2 aromatic rings. The molecule has 1 aliphatic rings. The SMILES string of the molecule is ClCc1nc2n(n1)-c1ccc(Br)cc1OC2. The third-order valence-electron chi connectivity index (χ3n) is 2.34. The van der Waals surface area contributed by atoms with Crippen molar-refractivity contribution < 1.29 is 4.74 Å². The fourth-order valence-electron chi connectivity index (χ4n) is 1.66. The van der Waals surface area contributed by atoms with E-state index in [9.17, 15) is 0 Å². The Labute approximate surface area is 105 Å². The summed E-state index contributed by atoms with van der Waals surface area (Å²) in [5.41, 5.74) is 0.897. The number of benzene rings is 1. The van der Waals surface area contributed by atoms with Gasteiger partial charge in [-0.2, -0.15) is 0 Å². The van der Waals surface area contributed by atoms with Crippen molar-refractivity contribution in [3.05, 3.63) is 34.3 Å². The lowest BCUT2D eigenvalue weighted by molar-refractivity contribution is 0.276. The molecular formula is C10H7BrClN3O. The highest BCUT2D eigenvalue weighted by Gasteiger charge is 2.20. The zero-order valence-corrected chi connectivity index (χ0v) is 10.5. The van der Waals surface area contributed by atoms with Gasteiger partial charge >= 0.3 is 0 Å². The summed E-state index contributed by atoms with van der Waals surface area (Å²) in [6.45, 7) is 0.424. The highest BCUT2D eigenvalue weighted by Crippen LogP contribution is 2.31. The van der Waals surface area contributed by atoms with Crippen LogP contribution in [0.3, 0.4) is 0 Å². The first-order chi connectivity index (χ1) is 7.78. The minimum atomic E-state index is 0.311. The minimum absolute atomic E-state index is 0.311. The van der Waals surface area contributed by atoms with Gasteiger partial charge in [0.1, 0.15) is 18.0 Å². The van der Waals surface area contributed by atoms with Crippen molar-refractivity contribution in [2.45, 2.75) is 12.5 Å². The standard InChI is InChI=1S/C10H7BrClN3O/c11-6-1-2-7-8(3-6)16-5-10-13-9(4-12)14-15(7)10/h1-3H,4-5H2.